The zero-order valence-electron chi connectivity index (χ0n) is 15.5. The SMILES string of the molecule is CCCCCCCCN(Cc1ccc(OCCN)c(OC)c1)C(=O)O. The van der Waals surface area contributed by atoms with Gasteiger partial charge in [0.1, 0.15) is 6.61 Å². The number of nitrogens with zero attached hydrogens (tertiary/aromatic N) is 1. The van der Waals surface area contributed by atoms with Crippen molar-refractivity contribution >= 4 is 6.09 Å². The Bertz CT molecular complexity index is 508. The van der Waals surface area contributed by atoms with E-state index in [0.717, 1.165) is 18.4 Å². The first-order valence-corrected chi connectivity index (χ1v) is 9.10. The zero-order chi connectivity index (χ0) is 18.5. The van der Waals surface area contributed by atoms with Gasteiger partial charge in [0.15, 0.2) is 11.5 Å². The number of ether oxygens (including phenoxy) is 2. The number of rotatable bonds is 13. The number of benzene rings is 1. The molecule has 0 aliphatic carbocycles. The molecule has 0 saturated carbocycles. The number of unbranched alkanes of at least 4 members (excludes halogenated alkanes) is 5. The Morgan fingerprint density at radius 2 is 1.88 bits per heavy atom. The van der Waals surface area contributed by atoms with E-state index in [1.807, 2.05) is 12.1 Å². The molecule has 3 N–H and O–H groups in total. The van der Waals surface area contributed by atoms with E-state index < -0.39 is 6.09 Å². The highest BCUT2D eigenvalue weighted by atomic mass is 16.5. The van der Waals surface area contributed by atoms with Crippen molar-refractivity contribution < 1.29 is 19.4 Å². The third-order valence-corrected chi connectivity index (χ3v) is 4.03. The molecule has 6 nitrogen and oxygen atoms in total. The summed E-state index contributed by atoms with van der Waals surface area (Å²) >= 11 is 0. The minimum Gasteiger partial charge on any atom is -0.493 e. The van der Waals surface area contributed by atoms with Gasteiger partial charge in [-0.05, 0) is 24.1 Å². The smallest absolute Gasteiger partial charge is 0.407 e. The molecule has 6 heteroatoms. The van der Waals surface area contributed by atoms with Gasteiger partial charge in [-0.15, -0.1) is 0 Å². The maximum absolute atomic E-state index is 11.5. The highest BCUT2D eigenvalue weighted by Gasteiger charge is 2.14. The summed E-state index contributed by atoms with van der Waals surface area (Å²) in [4.78, 5) is 12.9. The second-order valence-corrected chi connectivity index (χ2v) is 6.09. The molecule has 0 atom stereocenters. The Balaban J connectivity index is 2.57. The van der Waals surface area contributed by atoms with Crippen molar-refractivity contribution in [2.75, 3.05) is 26.8 Å². The Hall–Kier alpha value is -1.95. The fourth-order valence-corrected chi connectivity index (χ4v) is 2.64. The lowest BCUT2D eigenvalue weighted by atomic mass is 10.1. The molecule has 0 spiro atoms. The van der Waals surface area contributed by atoms with Crippen LogP contribution in [-0.2, 0) is 6.54 Å². The largest absolute Gasteiger partial charge is 0.493 e. The molecule has 0 aromatic heterocycles. The molecule has 0 unspecified atom stereocenters. The van der Waals surface area contributed by atoms with E-state index in [4.69, 9.17) is 15.2 Å². The number of amides is 1. The molecule has 1 rings (SSSR count). The van der Waals surface area contributed by atoms with Crippen LogP contribution in [0.4, 0.5) is 4.79 Å². The van der Waals surface area contributed by atoms with E-state index in [0.29, 0.717) is 37.7 Å². The average Bonchev–Trinajstić information content (AvgIpc) is 2.62. The number of hydrogen-bond donors (Lipinski definition) is 2. The van der Waals surface area contributed by atoms with E-state index in [2.05, 4.69) is 6.92 Å². The van der Waals surface area contributed by atoms with Gasteiger partial charge in [-0.2, -0.15) is 0 Å². The van der Waals surface area contributed by atoms with Crippen molar-refractivity contribution in [3.8, 4) is 11.5 Å². The number of methoxy groups -OCH3 is 1. The molecule has 0 saturated heterocycles. The van der Waals surface area contributed by atoms with Crippen LogP contribution in [0.3, 0.4) is 0 Å². The lowest BCUT2D eigenvalue weighted by Crippen LogP contribution is -2.29. The van der Waals surface area contributed by atoms with Gasteiger partial charge < -0.3 is 25.2 Å². The topological polar surface area (TPSA) is 85.0 Å². The van der Waals surface area contributed by atoms with Crippen LogP contribution in [0.25, 0.3) is 0 Å². The Morgan fingerprint density at radius 1 is 1.16 bits per heavy atom. The molecule has 1 amide bonds. The summed E-state index contributed by atoms with van der Waals surface area (Å²) in [7, 11) is 1.57. The summed E-state index contributed by atoms with van der Waals surface area (Å²) < 4.78 is 10.8. The second kappa shape index (κ2) is 12.4. The van der Waals surface area contributed by atoms with Crippen molar-refractivity contribution in [3.05, 3.63) is 23.8 Å². The van der Waals surface area contributed by atoms with Crippen LogP contribution in [0.2, 0.25) is 0 Å². The third-order valence-electron chi connectivity index (χ3n) is 4.03. The van der Waals surface area contributed by atoms with E-state index in [9.17, 15) is 9.90 Å². The molecular weight excluding hydrogens is 320 g/mol. The molecule has 25 heavy (non-hydrogen) atoms. The molecule has 0 aliphatic heterocycles. The number of carboxylic acid groups (broad SMARTS) is 1. The molecule has 1 aromatic carbocycles. The fourth-order valence-electron chi connectivity index (χ4n) is 2.64. The third kappa shape index (κ3) is 8.12. The minimum atomic E-state index is -0.893. The van der Waals surface area contributed by atoms with Crippen LogP contribution >= 0.6 is 0 Å². The molecule has 0 fully saturated rings. The summed E-state index contributed by atoms with van der Waals surface area (Å²) in [6.45, 7) is 3.92. The van der Waals surface area contributed by atoms with Crippen molar-refractivity contribution in [1.82, 2.24) is 4.90 Å². The van der Waals surface area contributed by atoms with Gasteiger partial charge in [-0.1, -0.05) is 45.1 Å². The lowest BCUT2D eigenvalue weighted by Gasteiger charge is -2.20. The Kier molecular flexibility index (Phi) is 10.5. The quantitative estimate of drug-likeness (QED) is 0.526. The van der Waals surface area contributed by atoms with Crippen LogP contribution in [0, 0.1) is 0 Å². The van der Waals surface area contributed by atoms with Gasteiger partial charge in [0.05, 0.1) is 7.11 Å². The monoisotopic (exact) mass is 352 g/mol. The Morgan fingerprint density at radius 3 is 2.52 bits per heavy atom. The van der Waals surface area contributed by atoms with Crippen molar-refractivity contribution in [1.29, 1.82) is 0 Å². The molecule has 1 aromatic rings. The molecule has 0 heterocycles. The van der Waals surface area contributed by atoms with E-state index in [1.165, 1.54) is 30.6 Å². The van der Waals surface area contributed by atoms with Gasteiger partial charge in [0.2, 0.25) is 0 Å². The molecular formula is C19H32N2O4. The van der Waals surface area contributed by atoms with Gasteiger partial charge in [-0.3, -0.25) is 0 Å². The number of carbonyl (C=O) groups is 1. The van der Waals surface area contributed by atoms with Crippen LogP contribution in [-0.4, -0.2) is 42.9 Å². The number of hydrogen-bond acceptors (Lipinski definition) is 4. The van der Waals surface area contributed by atoms with E-state index >= 15 is 0 Å². The first kappa shape index (κ1) is 21.1. The van der Waals surface area contributed by atoms with Crippen molar-refractivity contribution in [2.24, 2.45) is 5.73 Å². The van der Waals surface area contributed by atoms with Crippen LogP contribution in [0.5, 0.6) is 11.5 Å². The standard InChI is InChI=1S/C19H32N2O4/c1-3-4-5-6-7-8-12-21(19(22)23)15-16-9-10-17(25-13-11-20)18(14-16)24-2/h9-10,14H,3-8,11-13,15,20H2,1-2H3,(H,22,23). The predicted octanol–water partition coefficient (Wildman–Crippen LogP) is 3.87. The maximum Gasteiger partial charge on any atom is 0.407 e. The normalized spacial score (nSPS) is 10.5. The van der Waals surface area contributed by atoms with Gasteiger partial charge >= 0.3 is 6.09 Å². The molecule has 0 bridgehead atoms. The molecule has 0 radical (unpaired) electrons. The highest BCUT2D eigenvalue weighted by Crippen LogP contribution is 2.28. The van der Waals surface area contributed by atoms with Crippen molar-refractivity contribution in [3.63, 3.8) is 0 Å². The van der Waals surface area contributed by atoms with Gasteiger partial charge in [-0.25, -0.2) is 4.79 Å². The fraction of sp³-hybridized carbons (Fsp3) is 0.632. The molecule has 142 valence electrons. The van der Waals surface area contributed by atoms with Gasteiger partial charge in [0.25, 0.3) is 0 Å². The van der Waals surface area contributed by atoms with Crippen LogP contribution in [0.15, 0.2) is 18.2 Å². The maximum atomic E-state index is 11.5. The summed E-state index contributed by atoms with van der Waals surface area (Å²) in [5, 5.41) is 9.43. The second-order valence-electron chi connectivity index (χ2n) is 6.09. The summed E-state index contributed by atoms with van der Waals surface area (Å²) in [5.41, 5.74) is 6.32. The predicted molar refractivity (Wildman–Crippen MR) is 99.4 cm³/mol. The van der Waals surface area contributed by atoms with E-state index in [1.54, 1.807) is 13.2 Å². The summed E-state index contributed by atoms with van der Waals surface area (Å²) in [6.07, 6.45) is 5.93. The first-order valence-electron chi connectivity index (χ1n) is 9.10. The lowest BCUT2D eigenvalue weighted by molar-refractivity contribution is 0.141. The Labute approximate surface area is 150 Å². The average molecular weight is 352 g/mol. The zero-order valence-corrected chi connectivity index (χ0v) is 15.5. The molecule has 0 aliphatic rings. The number of nitrogens with two attached hydrogens (primary N) is 1. The highest BCUT2D eigenvalue weighted by molar-refractivity contribution is 5.65. The first-order chi connectivity index (χ1) is 12.1. The van der Waals surface area contributed by atoms with E-state index in [-0.39, 0.29) is 0 Å². The van der Waals surface area contributed by atoms with Crippen LogP contribution in [0.1, 0.15) is 51.0 Å². The summed E-state index contributed by atoms with van der Waals surface area (Å²) in [6, 6.07) is 5.49. The van der Waals surface area contributed by atoms with Crippen molar-refractivity contribution in [2.45, 2.75) is 52.0 Å². The minimum absolute atomic E-state index is 0.345. The van der Waals surface area contributed by atoms with Gasteiger partial charge in [0, 0.05) is 19.6 Å². The summed E-state index contributed by atoms with van der Waals surface area (Å²) in [5.74, 6) is 1.21. The van der Waals surface area contributed by atoms with Crippen LogP contribution < -0.4 is 15.2 Å².